The number of pyridine rings is 2. The monoisotopic (exact) mass is 1030 g/mol. The van der Waals surface area contributed by atoms with E-state index in [0.29, 0.717) is 5.65 Å². The molecule has 0 N–H and O–H groups in total. The normalized spacial score (nSPS) is 12.2. The molecule has 7 heteroatoms. The van der Waals surface area contributed by atoms with E-state index in [1.54, 1.807) is 6.20 Å². The van der Waals surface area contributed by atoms with Gasteiger partial charge >= 0.3 is 120 Å². The van der Waals surface area contributed by atoms with Gasteiger partial charge in [-0.25, -0.2) is 4.98 Å². The smallest absolute Gasteiger partial charge is 0 e. The molecule has 0 fully saturated rings. The fraction of sp³-hybridized carbons (Fsp3) is 0.226. The first-order valence-corrected chi connectivity index (χ1v) is 27.9. The summed E-state index contributed by atoms with van der Waals surface area (Å²) in [6.07, 6.45) is 3.81. The third kappa shape index (κ3) is 8.43. The van der Waals surface area contributed by atoms with Gasteiger partial charge in [0.2, 0.25) is 0 Å². The van der Waals surface area contributed by atoms with Crippen LogP contribution in [0.5, 0.6) is 0 Å². The van der Waals surface area contributed by atoms with E-state index >= 15 is 0 Å². The summed E-state index contributed by atoms with van der Waals surface area (Å²) in [5.41, 5.74) is 13.3. The maximum atomic E-state index is 8.44. The van der Waals surface area contributed by atoms with Crippen LogP contribution in [0.4, 0.5) is 0 Å². The Kier molecular flexibility index (Phi) is 12.4. The Labute approximate surface area is 372 Å². The second-order valence-electron chi connectivity index (χ2n) is 17.1. The van der Waals surface area contributed by atoms with Crippen LogP contribution in [0.1, 0.15) is 77.3 Å². The zero-order valence-electron chi connectivity index (χ0n) is 36.9. The topological polar surface area (TPSA) is 56.7 Å². The number of aromatic nitrogens is 4. The Hall–Kier alpha value is -5.14. The van der Waals surface area contributed by atoms with Crippen LogP contribution < -0.4 is 4.40 Å². The summed E-state index contributed by atoms with van der Waals surface area (Å²) < 4.78 is 18.5. The molecule has 0 saturated carbocycles. The Bertz CT molecular complexity index is 2930. The number of imidazole rings is 1. The number of hydrogen-bond donors (Lipinski definition) is 0. The number of fused-ring (bicyclic) bond motifs is 4. The van der Waals surface area contributed by atoms with E-state index in [1.807, 2.05) is 74.6 Å². The van der Waals surface area contributed by atoms with Crippen LogP contribution in [-0.4, -0.2) is 32.8 Å². The molecule has 0 aliphatic carbocycles. The minimum Gasteiger partial charge on any atom is 0 e. The van der Waals surface area contributed by atoms with Gasteiger partial charge in [0.25, 0.3) is 0 Å². The summed E-state index contributed by atoms with van der Waals surface area (Å²) in [5.74, 6) is 7.80. The van der Waals surface area contributed by atoms with Gasteiger partial charge in [-0.2, -0.15) is 0 Å². The van der Waals surface area contributed by atoms with Crippen molar-refractivity contribution in [2.24, 2.45) is 0 Å². The zero-order chi connectivity index (χ0) is 42.3. The molecule has 9 rings (SSSR count). The molecule has 305 valence electrons. The van der Waals surface area contributed by atoms with E-state index in [9.17, 15) is 0 Å². The van der Waals surface area contributed by atoms with E-state index in [1.165, 1.54) is 26.6 Å². The van der Waals surface area contributed by atoms with Crippen LogP contribution in [0.15, 0.2) is 138 Å². The molecule has 60 heavy (non-hydrogen) atoms. The maximum Gasteiger partial charge on any atom is 0 e. The number of nitrogens with zero attached hydrogens (tertiary/aromatic N) is 4. The fourth-order valence-electron chi connectivity index (χ4n) is 7.95. The molecular formula is C53H52GeIrN4O-2. The molecular weight excluding hydrogens is 973 g/mol. The van der Waals surface area contributed by atoms with Crippen LogP contribution in [0, 0.1) is 12.1 Å². The Balaban J connectivity index is 0.000000226. The number of benzene rings is 5. The van der Waals surface area contributed by atoms with E-state index < -0.39 is 19.2 Å². The summed E-state index contributed by atoms with van der Waals surface area (Å²) in [6, 6.07) is 48.3. The molecule has 1 radical (unpaired) electrons. The van der Waals surface area contributed by atoms with Crippen molar-refractivity contribution in [1.82, 2.24) is 19.5 Å². The SMILES string of the molecule is CC(C)c1cc(-c2ccccc2)cc(C(C)C)c1-n1c(-c2[c-]ccc3c2oc2ccccc23)nc2ncccc21.[2H]C(C)(C)c1cc(-c2[c-]cccc2)nc[c]1[Ge]([CH3])([CH3])[CH3].[Ir]. The van der Waals surface area contributed by atoms with Gasteiger partial charge in [-0.15, -0.1) is 18.2 Å². The van der Waals surface area contributed by atoms with Crippen molar-refractivity contribution in [2.75, 3.05) is 0 Å². The van der Waals surface area contributed by atoms with Gasteiger partial charge in [0.05, 0.1) is 16.9 Å². The van der Waals surface area contributed by atoms with Crippen molar-refractivity contribution < 1.29 is 25.9 Å². The predicted molar refractivity (Wildman–Crippen MR) is 250 cm³/mol. The van der Waals surface area contributed by atoms with E-state index in [0.717, 1.165) is 61.4 Å². The Morgan fingerprint density at radius 1 is 0.683 bits per heavy atom. The van der Waals surface area contributed by atoms with E-state index in [4.69, 9.17) is 10.8 Å². The molecule has 0 atom stereocenters. The van der Waals surface area contributed by atoms with Crippen molar-refractivity contribution in [3.8, 4) is 39.5 Å². The minimum absolute atomic E-state index is 0. The number of furan rings is 1. The third-order valence-electron chi connectivity index (χ3n) is 11.0. The van der Waals surface area contributed by atoms with Gasteiger partial charge in [0, 0.05) is 37.4 Å². The molecule has 0 saturated heterocycles. The predicted octanol–water partition coefficient (Wildman–Crippen LogP) is 13.9. The van der Waals surface area contributed by atoms with Crippen molar-refractivity contribution in [3.05, 3.63) is 163 Å². The third-order valence-corrected chi connectivity index (χ3v) is 15.2. The molecule has 4 aromatic heterocycles. The summed E-state index contributed by atoms with van der Waals surface area (Å²) in [4.78, 5) is 14.4. The first-order chi connectivity index (χ1) is 28.7. The first-order valence-electron chi connectivity index (χ1n) is 21.1. The van der Waals surface area contributed by atoms with Gasteiger partial charge in [-0.05, 0) is 64.4 Å². The molecule has 0 bridgehead atoms. The summed E-state index contributed by atoms with van der Waals surface area (Å²) >= 11 is -2.03. The molecule has 0 aliphatic rings. The maximum absolute atomic E-state index is 8.44. The molecule has 5 nitrogen and oxygen atoms in total. The van der Waals surface area contributed by atoms with Crippen LogP contribution in [-0.2, 0) is 20.1 Å². The van der Waals surface area contributed by atoms with Gasteiger partial charge < -0.3 is 8.98 Å². The van der Waals surface area contributed by atoms with Crippen LogP contribution >= 0.6 is 0 Å². The molecule has 0 spiro atoms. The average molecular weight is 1030 g/mol. The van der Waals surface area contributed by atoms with E-state index in [2.05, 4.69) is 138 Å². The van der Waals surface area contributed by atoms with Gasteiger partial charge in [-0.3, -0.25) is 4.98 Å². The first kappa shape index (κ1) is 41.6. The number of para-hydroxylation sites is 1. The molecule has 5 aromatic carbocycles. The summed E-state index contributed by atoms with van der Waals surface area (Å²) in [5, 5.41) is 2.15. The number of hydrogen-bond acceptors (Lipinski definition) is 4. The van der Waals surface area contributed by atoms with Crippen molar-refractivity contribution in [2.45, 2.75) is 76.5 Å². The Morgan fingerprint density at radius 2 is 1.38 bits per heavy atom. The molecule has 4 heterocycles. The largest absolute Gasteiger partial charge is 0 e. The molecule has 9 aromatic rings. The van der Waals surface area contributed by atoms with E-state index in [-0.39, 0.29) is 31.9 Å². The quantitative estimate of drug-likeness (QED) is 0.112. The Morgan fingerprint density at radius 3 is 2.05 bits per heavy atom. The standard InChI is InChI=1S/C36H30N3O.C17H22GeN.Ir/c1-22(2)29-20-25(24-12-6-5-7-13-24)21-30(23(3)4)33(29)39-31-17-11-19-37-35(31)38-36(39)28-16-10-15-27-26-14-8-9-18-32(26)40-34(27)28;1-13(2)15-11-17(14-9-7-6-8-10-14)19-12-16(15)18(3,4)5;/h5-15,17-23H,1-4H3;6-9,11-13H,1-5H3;/q2*-1;/i;13D;. The minimum atomic E-state index is -2.03. The van der Waals surface area contributed by atoms with Crippen molar-refractivity contribution >= 4 is 50.8 Å². The zero-order valence-corrected chi connectivity index (χ0v) is 40.4. The van der Waals surface area contributed by atoms with Crippen LogP contribution in [0.2, 0.25) is 17.3 Å². The van der Waals surface area contributed by atoms with Crippen LogP contribution in [0.25, 0.3) is 72.6 Å². The summed E-state index contributed by atoms with van der Waals surface area (Å²) in [7, 11) is 0. The number of rotatable bonds is 8. The van der Waals surface area contributed by atoms with Crippen LogP contribution in [0.3, 0.4) is 0 Å². The fourth-order valence-corrected chi connectivity index (χ4v) is 11.3. The van der Waals surface area contributed by atoms with Crippen molar-refractivity contribution in [3.63, 3.8) is 0 Å². The average Bonchev–Trinajstić information content (AvgIpc) is 3.82. The van der Waals surface area contributed by atoms with Gasteiger partial charge in [0.1, 0.15) is 5.58 Å². The molecule has 0 amide bonds. The second-order valence-corrected chi connectivity index (χ2v) is 27.7. The summed E-state index contributed by atoms with van der Waals surface area (Å²) in [6.45, 7) is 13.0. The molecule has 0 unspecified atom stereocenters. The van der Waals surface area contributed by atoms with Gasteiger partial charge in [0.15, 0.2) is 5.65 Å². The van der Waals surface area contributed by atoms with Crippen molar-refractivity contribution in [1.29, 1.82) is 0 Å². The molecule has 0 aliphatic heterocycles. The van der Waals surface area contributed by atoms with Gasteiger partial charge in [-0.1, -0.05) is 87.2 Å². The second kappa shape index (κ2) is 17.8.